The highest BCUT2D eigenvalue weighted by Crippen LogP contribution is 2.49. The van der Waals surface area contributed by atoms with Crippen LogP contribution in [0.1, 0.15) is 26.7 Å². The van der Waals surface area contributed by atoms with Crippen molar-refractivity contribution in [3.63, 3.8) is 0 Å². The Morgan fingerprint density at radius 2 is 1.87 bits per heavy atom. The SMILES string of the molecule is CC[C@@]12CS(=O)(=O)C[C@]1(CC)OB(c1cc(-c3ccc4c(N)cnnc4c3)c(-n3cccn3)cc1OC)O2. The van der Waals surface area contributed by atoms with Crippen LogP contribution in [0.25, 0.3) is 27.7 Å². The van der Waals surface area contributed by atoms with E-state index in [1.165, 1.54) is 6.20 Å². The minimum atomic E-state index is -3.30. The highest BCUT2D eigenvalue weighted by molar-refractivity contribution is 7.91. The van der Waals surface area contributed by atoms with E-state index in [0.717, 1.165) is 22.2 Å². The summed E-state index contributed by atoms with van der Waals surface area (Å²) in [5, 5.41) is 13.5. The van der Waals surface area contributed by atoms with Crippen molar-refractivity contribution in [3.8, 4) is 22.6 Å². The van der Waals surface area contributed by atoms with E-state index in [9.17, 15) is 8.42 Å². The first-order chi connectivity index (χ1) is 18.2. The van der Waals surface area contributed by atoms with Crippen LogP contribution in [-0.2, 0) is 19.1 Å². The van der Waals surface area contributed by atoms with Gasteiger partial charge >= 0.3 is 7.12 Å². The van der Waals surface area contributed by atoms with Gasteiger partial charge in [0.15, 0.2) is 9.84 Å². The lowest BCUT2D eigenvalue weighted by Gasteiger charge is -2.35. The molecule has 2 N–H and O–H groups in total. The number of hydrogen-bond donors (Lipinski definition) is 1. The van der Waals surface area contributed by atoms with Gasteiger partial charge in [-0.3, -0.25) is 0 Å². The van der Waals surface area contributed by atoms with Crippen molar-refractivity contribution in [1.29, 1.82) is 0 Å². The normalized spacial score (nSPS) is 24.1. The molecular formula is C26H28BN5O5S. The Morgan fingerprint density at radius 1 is 1.13 bits per heavy atom. The number of sulfone groups is 1. The van der Waals surface area contributed by atoms with Gasteiger partial charge in [-0.25, -0.2) is 13.1 Å². The van der Waals surface area contributed by atoms with Gasteiger partial charge in [-0.15, -0.1) is 0 Å². The molecule has 2 aliphatic rings. The molecule has 2 aromatic heterocycles. The zero-order valence-electron chi connectivity index (χ0n) is 21.4. The minimum absolute atomic E-state index is 0.0633. The lowest BCUT2D eigenvalue weighted by atomic mass is 9.76. The average Bonchev–Trinajstić information content (AvgIpc) is 3.59. The number of methoxy groups -OCH3 is 1. The van der Waals surface area contributed by atoms with Gasteiger partial charge in [0.05, 0.1) is 52.9 Å². The molecule has 4 heterocycles. The third-order valence-corrected chi connectivity index (χ3v) is 9.69. The molecule has 0 saturated carbocycles. The fourth-order valence-corrected chi connectivity index (χ4v) is 8.50. The van der Waals surface area contributed by atoms with Crippen molar-refractivity contribution in [3.05, 3.63) is 55.0 Å². The van der Waals surface area contributed by atoms with E-state index in [1.807, 2.05) is 56.4 Å². The number of nitrogens with two attached hydrogens (primary N) is 1. The molecule has 0 amide bonds. The molecule has 10 nitrogen and oxygen atoms in total. The predicted molar refractivity (Wildman–Crippen MR) is 145 cm³/mol. The molecule has 2 atom stereocenters. The van der Waals surface area contributed by atoms with E-state index in [-0.39, 0.29) is 11.5 Å². The number of fused-ring (bicyclic) bond motifs is 2. The minimum Gasteiger partial charge on any atom is -0.497 e. The van der Waals surface area contributed by atoms with Crippen LogP contribution in [0.2, 0.25) is 0 Å². The monoisotopic (exact) mass is 533 g/mol. The molecule has 6 rings (SSSR count). The van der Waals surface area contributed by atoms with Crippen molar-refractivity contribution >= 4 is 39.0 Å². The molecule has 2 aliphatic heterocycles. The van der Waals surface area contributed by atoms with Crippen molar-refractivity contribution in [2.45, 2.75) is 37.9 Å². The van der Waals surface area contributed by atoms with Crippen molar-refractivity contribution < 1.29 is 22.5 Å². The van der Waals surface area contributed by atoms with E-state index in [4.69, 9.17) is 19.8 Å². The number of nitrogens with zero attached hydrogens (tertiary/aromatic N) is 4. The van der Waals surface area contributed by atoms with Crippen LogP contribution in [-0.4, -0.2) is 65.3 Å². The van der Waals surface area contributed by atoms with Crippen molar-refractivity contribution in [1.82, 2.24) is 20.0 Å². The van der Waals surface area contributed by atoms with Crippen LogP contribution in [0, 0.1) is 0 Å². The molecule has 0 bridgehead atoms. The standard InChI is InChI=1S/C26H28BN5O5S/c1-4-25-15-38(33,34)16-26(25,5-2)37-27(36-25)20-12-19(23(13-24(20)35-3)32-10-6-9-30-32)17-7-8-18-21(28)14-29-31-22(18)11-17/h6-14H,4-5,15-16H2,1-3H3,(H2,28,31)/t25-,26+. The molecule has 0 aliphatic carbocycles. The van der Waals surface area contributed by atoms with Gasteiger partial charge in [-0.2, -0.15) is 15.3 Å². The first-order valence-corrected chi connectivity index (χ1v) is 14.3. The second kappa shape index (κ2) is 8.79. The fraction of sp³-hybridized carbons (Fsp3) is 0.346. The van der Waals surface area contributed by atoms with E-state index < -0.39 is 28.2 Å². The van der Waals surface area contributed by atoms with E-state index in [1.54, 1.807) is 18.0 Å². The van der Waals surface area contributed by atoms with Gasteiger partial charge in [0.2, 0.25) is 0 Å². The third-order valence-electron chi connectivity index (χ3n) is 7.88. The van der Waals surface area contributed by atoms with Crippen LogP contribution in [0.4, 0.5) is 5.69 Å². The van der Waals surface area contributed by atoms with Crippen molar-refractivity contribution in [2.75, 3.05) is 24.3 Å². The molecule has 12 heteroatoms. The molecule has 4 aromatic rings. The van der Waals surface area contributed by atoms with Crippen LogP contribution in [0.5, 0.6) is 5.75 Å². The second-order valence-electron chi connectivity index (χ2n) is 9.89. The molecule has 2 saturated heterocycles. The Kier molecular flexibility index (Phi) is 5.74. The number of hydrogen-bond acceptors (Lipinski definition) is 9. The summed E-state index contributed by atoms with van der Waals surface area (Å²) in [6.07, 6.45) is 6.12. The van der Waals surface area contributed by atoms with Gasteiger partial charge in [0.25, 0.3) is 0 Å². The Labute approximate surface area is 221 Å². The molecule has 2 fully saturated rings. The summed E-state index contributed by atoms with van der Waals surface area (Å²) in [6, 6.07) is 11.5. The highest BCUT2D eigenvalue weighted by atomic mass is 32.2. The fourth-order valence-electron chi connectivity index (χ4n) is 5.91. The van der Waals surface area contributed by atoms with Crippen LogP contribution >= 0.6 is 0 Å². The summed E-state index contributed by atoms with van der Waals surface area (Å²) in [7, 11) is -2.51. The smallest absolute Gasteiger partial charge is 0.497 e. The number of benzene rings is 2. The summed E-state index contributed by atoms with van der Waals surface area (Å²) >= 11 is 0. The molecule has 0 unspecified atom stereocenters. The zero-order valence-corrected chi connectivity index (χ0v) is 22.2. The second-order valence-corrected chi connectivity index (χ2v) is 12.0. The van der Waals surface area contributed by atoms with Crippen LogP contribution < -0.4 is 15.9 Å². The third kappa shape index (κ3) is 3.70. The number of aromatic nitrogens is 4. The van der Waals surface area contributed by atoms with E-state index >= 15 is 0 Å². The van der Waals surface area contributed by atoms with Crippen molar-refractivity contribution in [2.24, 2.45) is 0 Å². The van der Waals surface area contributed by atoms with Crippen LogP contribution in [0.15, 0.2) is 55.0 Å². The summed E-state index contributed by atoms with van der Waals surface area (Å²) in [4.78, 5) is 0. The predicted octanol–water partition coefficient (Wildman–Crippen LogP) is 2.54. The Bertz CT molecular complexity index is 1620. The van der Waals surface area contributed by atoms with Gasteiger partial charge in [0.1, 0.15) is 5.75 Å². The zero-order chi connectivity index (χ0) is 26.7. The van der Waals surface area contributed by atoms with Crippen LogP contribution in [0.3, 0.4) is 0 Å². The Hall–Kier alpha value is -3.48. The summed E-state index contributed by atoms with van der Waals surface area (Å²) in [5.41, 5.74) is 8.62. The maximum atomic E-state index is 12.7. The maximum absolute atomic E-state index is 12.7. The summed E-state index contributed by atoms with van der Waals surface area (Å²) in [5.74, 6) is 0.424. The van der Waals surface area contributed by atoms with Gasteiger partial charge in [0, 0.05) is 34.9 Å². The first kappa shape index (κ1) is 24.8. The van der Waals surface area contributed by atoms with Gasteiger partial charge in [-0.1, -0.05) is 19.9 Å². The van der Waals surface area contributed by atoms with E-state index in [2.05, 4.69) is 15.3 Å². The molecule has 196 valence electrons. The quantitative estimate of drug-likeness (QED) is 0.372. The average molecular weight is 533 g/mol. The molecule has 38 heavy (non-hydrogen) atoms. The number of nitrogen functional groups attached to an aromatic ring is 1. The first-order valence-electron chi connectivity index (χ1n) is 12.5. The molecular weight excluding hydrogens is 505 g/mol. The molecule has 2 aromatic carbocycles. The van der Waals surface area contributed by atoms with E-state index in [0.29, 0.717) is 35.3 Å². The summed E-state index contributed by atoms with van der Waals surface area (Å²) in [6.45, 7) is 3.89. The Balaban J connectivity index is 1.52. The number of ether oxygens (including phenoxy) is 1. The van der Waals surface area contributed by atoms with Gasteiger partial charge in [-0.05, 0) is 42.7 Å². The lowest BCUT2D eigenvalue weighted by molar-refractivity contribution is -0.0120. The lowest BCUT2D eigenvalue weighted by Crippen LogP contribution is -2.49. The Morgan fingerprint density at radius 3 is 2.50 bits per heavy atom. The highest BCUT2D eigenvalue weighted by Gasteiger charge is 2.68. The number of rotatable bonds is 6. The molecule has 0 radical (unpaired) electrons. The van der Waals surface area contributed by atoms with Gasteiger partial charge < -0.3 is 19.8 Å². The largest absolute Gasteiger partial charge is 0.498 e. The number of anilines is 1. The topological polar surface area (TPSA) is 131 Å². The maximum Gasteiger partial charge on any atom is 0.498 e. The summed E-state index contributed by atoms with van der Waals surface area (Å²) < 4.78 is 46.0. The molecule has 0 spiro atoms.